The highest BCUT2D eigenvalue weighted by Crippen LogP contribution is 2.22. The van der Waals surface area contributed by atoms with Crippen LogP contribution in [0, 0.1) is 17.8 Å². The summed E-state index contributed by atoms with van der Waals surface area (Å²) >= 11 is 5.75. The molecule has 3 unspecified atom stereocenters. The minimum Gasteiger partial charge on any atom is -0.126 e. The van der Waals surface area contributed by atoms with Crippen molar-refractivity contribution in [3.8, 4) is 0 Å². The van der Waals surface area contributed by atoms with Crippen LogP contribution >= 0.6 is 11.6 Å². The fraction of sp³-hybridized carbons (Fsp3) is 1.00. The van der Waals surface area contributed by atoms with Crippen LogP contribution in [0.4, 0.5) is 0 Å². The zero-order valence-electron chi connectivity index (χ0n) is 8.94. The lowest BCUT2D eigenvalue weighted by Gasteiger charge is -2.19. The van der Waals surface area contributed by atoms with E-state index in [1.54, 1.807) is 0 Å². The zero-order chi connectivity index (χ0) is 9.56. The molecule has 0 spiro atoms. The van der Waals surface area contributed by atoms with Gasteiger partial charge in [0.15, 0.2) is 0 Å². The van der Waals surface area contributed by atoms with Crippen molar-refractivity contribution in [1.29, 1.82) is 0 Å². The van der Waals surface area contributed by atoms with E-state index in [1.165, 1.54) is 19.3 Å². The largest absolute Gasteiger partial charge is 0.126 e. The minimum absolute atomic E-state index is 0.693. The van der Waals surface area contributed by atoms with E-state index < -0.39 is 0 Å². The number of halogens is 1. The molecule has 0 aromatic carbocycles. The van der Waals surface area contributed by atoms with E-state index in [0.717, 1.165) is 17.7 Å². The van der Waals surface area contributed by atoms with Crippen molar-refractivity contribution in [1.82, 2.24) is 0 Å². The van der Waals surface area contributed by atoms with Crippen molar-refractivity contribution in [2.24, 2.45) is 17.8 Å². The lowest BCUT2D eigenvalue weighted by atomic mass is 9.88. The second-order valence-electron chi connectivity index (χ2n) is 4.20. The van der Waals surface area contributed by atoms with Gasteiger partial charge in [-0.15, -0.1) is 11.6 Å². The van der Waals surface area contributed by atoms with E-state index >= 15 is 0 Å². The lowest BCUT2D eigenvalue weighted by molar-refractivity contribution is 0.330. The Labute approximate surface area is 82.7 Å². The molecule has 0 aromatic rings. The second kappa shape index (κ2) is 6.77. The summed E-state index contributed by atoms with van der Waals surface area (Å²) in [6.07, 6.45) is 3.92. The summed E-state index contributed by atoms with van der Waals surface area (Å²) in [6.45, 7) is 9.20. The quantitative estimate of drug-likeness (QED) is 0.548. The Morgan fingerprint density at radius 3 is 2.00 bits per heavy atom. The van der Waals surface area contributed by atoms with Crippen molar-refractivity contribution < 1.29 is 0 Å². The molecule has 0 aliphatic rings. The molecule has 12 heavy (non-hydrogen) atoms. The molecule has 0 rings (SSSR count). The molecule has 0 saturated carbocycles. The van der Waals surface area contributed by atoms with Gasteiger partial charge in [0, 0.05) is 5.88 Å². The van der Waals surface area contributed by atoms with Gasteiger partial charge in [-0.25, -0.2) is 0 Å². The third-order valence-electron chi connectivity index (χ3n) is 2.99. The SMILES string of the molecule is CCC(C)C(C)CCC(C)CCl. The van der Waals surface area contributed by atoms with Crippen LogP contribution in [0.5, 0.6) is 0 Å². The predicted octanol–water partition coefficient (Wildman–Crippen LogP) is 4.32. The van der Waals surface area contributed by atoms with E-state index in [-0.39, 0.29) is 0 Å². The van der Waals surface area contributed by atoms with Crippen LogP contribution in [0.25, 0.3) is 0 Å². The zero-order valence-corrected chi connectivity index (χ0v) is 9.69. The first-order valence-electron chi connectivity index (χ1n) is 5.17. The third kappa shape index (κ3) is 5.03. The van der Waals surface area contributed by atoms with Gasteiger partial charge in [0.05, 0.1) is 0 Å². The molecule has 0 bridgehead atoms. The third-order valence-corrected chi connectivity index (χ3v) is 3.52. The van der Waals surface area contributed by atoms with Crippen LogP contribution in [-0.2, 0) is 0 Å². The summed E-state index contributed by atoms with van der Waals surface area (Å²) in [5, 5.41) is 0. The topological polar surface area (TPSA) is 0 Å². The van der Waals surface area contributed by atoms with Gasteiger partial charge in [0.1, 0.15) is 0 Å². The lowest BCUT2D eigenvalue weighted by Crippen LogP contribution is -2.09. The Morgan fingerprint density at radius 2 is 1.58 bits per heavy atom. The molecule has 74 valence electrons. The first-order chi connectivity index (χ1) is 5.61. The molecule has 0 N–H and O–H groups in total. The molecule has 1 heteroatoms. The first kappa shape index (κ1) is 12.3. The molecule has 0 aliphatic carbocycles. The van der Waals surface area contributed by atoms with E-state index in [9.17, 15) is 0 Å². The molecule has 0 fully saturated rings. The van der Waals surface area contributed by atoms with Crippen molar-refractivity contribution in [3.63, 3.8) is 0 Å². The van der Waals surface area contributed by atoms with Gasteiger partial charge in [0.2, 0.25) is 0 Å². The highest BCUT2D eigenvalue weighted by atomic mass is 35.5. The number of hydrogen-bond donors (Lipinski definition) is 0. The molecule has 0 radical (unpaired) electrons. The van der Waals surface area contributed by atoms with E-state index in [1.807, 2.05) is 0 Å². The molecule has 0 amide bonds. The van der Waals surface area contributed by atoms with Gasteiger partial charge in [-0.1, -0.05) is 40.5 Å². The Kier molecular flexibility index (Phi) is 6.93. The summed E-state index contributed by atoms with van der Waals surface area (Å²) in [7, 11) is 0. The van der Waals surface area contributed by atoms with Crippen LogP contribution < -0.4 is 0 Å². The van der Waals surface area contributed by atoms with Gasteiger partial charge in [-0.3, -0.25) is 0 Å². The van der Waals surface area contributed by atoms with E-state index in [4.69, 9.17) is 11.6 Å². The Morgan fingerprint density at radius 1 is 1.00 bits per heavy atom. The smallest absolute Gasteiger partial charge is 0.0249 e. The summed E-state index contributed by atoms with van der Waals surface area (Å²) in [6, 6.07) is 0. The molecule has 0 aliphatic heterocycles. The summed E-state index contributed by atoms with van der Waals surface area (Å²) < 4.78 is 0. The van der Waals surface area contributed by atoms with Crippen LogP contribution in [0.15, 0.2) is 0 Å². The van der Waals surface area contributed by atoms with Crippen LogP contribution in [0.3, 0.4) is 0 Å². The monoisotopic (exact) mass is 190 g/mol. The van der Waals surface area contributed by atoms with Crippen LogP contribution in [0.2, 0.25) is 0 Å². The number of rotatable bonds is 6. The average Bonchev–Trinajstić information content (AvgIpc) is 2.11. The molecule has 3 atom stereocenters. The number of hydrogen-bond acceptors (Lipinski definition) is 0. The average molecular weight is 191 g/mol. The van der Waals surface area contributed by atoms with Gasteiger partial charge >= 0.3 is 0 Å². The fourth-order valence-electron chi connectivity index (χ4n) is 1.31. The van der Waals surface area contributed by atoms with Gasteiger partial charge in [0.25, 0.3) is 0 Å². The summed E-state index contributed by atoms with van der Waals surface area (Å²) in [5.74, 6) is 3.24. The highest BCUT2D eigenvalue weighted by Gasteiger charge is 2.11. The van der Waals surface area contributed by atoms with E-state index in [0.29, 0.717) is 5.92 Å². The Hall–Kier alpha value is 0.290. The minimum atomic E-state index is 0.693. The van der Waals surface area contributed by atoms with Gasteiger partial charge < -0.3 is 0 Å². The van der Waals surface area contributed by atoms with Crippen molar-refractivity contribution in [2.45, 2.75) is 47.0 Å². The highest BCUT2D eigenvalue weighted by molar-refractivity contribution is 6.18. The van der Waals surface area contributed by atoms with Gasteiger partial charge in [-0.2, -0.15) is 0 Å². The number of alkyl halides is 1. The molecular weight excluding hydrogens is 168 g/mol. The maximum atomic E-state index is 5.75. The summed E-state index contributed by atoms with van der Waals surface area (Å²) in [4.78, 5) is 0. The van der Waals surface area contributed by atoms with E-state index in [2.05, 4.69) is 27.7 Å². The Bertz CT molecular complexity index is 101. The van der Waals surface area contributed by atoms with Crippen LogP contribution in [0.1, 0.15) is 47.0 Å². The molecule has 0 nitrogen and oxygen atoms in total. The first-order valence-corrected chi connectivity index (χ1v) is 5.71. The second-order valence-corrected chi connectivity index (χ2v) is 4.51. The maximum Gasteiger partial charge on any atom is 0.0249 e. The molecule has 0 saturated heterocycles. The Balaban J connectivity index is 3.49. The predicted molar refractivity (Wildman–Crippen MR) is 57.7 cm³/mol. The van der Waals surface area contributed by atoms with Gasteiger partial charge in [-0.05, 0) is 24.2 Å². The van der Waals surface area contributed by atoms with Crippen molar-refractivity contribution in [3.05, 3.63) is 0 Å². The summed E-state index contributed by atoms with van der Waals surface area (Å²) in [5.41, 5.74) is 0. The van der Waals surface area contributed by atoms with Crippen molar-refractivity contribution >= 4 is 11.6 Å². The van der Waals surface area contributed by atoms with Crippen LogP contribution in [-0.4, -0.2) is 5.88 Å². The maximum absolute atomic E-state index is 5.75. The normalized spacial score (nSPS) is 18.8. The molecule has 0 aromatic heterocycles. The standard InChI is InChI=1S/C11H23Cl/c1-5-10(3)11(4)7-6-9(2)8-12/h9-11H,5-8H2,1-4H3. The molecule has 0 heterocycles. The molecular formula is C11H23Cl. The van der Waals surface area contributed by atoms with Crippen molar-refractivity contribution in [2.75, 3.05) is 5.88 Å². The fourth-order valence-corrected chi connectivity index (χ4v) is 1.47.